The van der Waals surface area contributed by atoms with Crippen LogP contribution in [-0.4, -0.2) is 5.66 Å². The predicted molar refractivity (Wildman–Crippen MR) is 34.2 cm³/mol. The van der Waals surface area contributed by atoms with Gasteiger partial charge in [0.05, 0.1) is 5.66 Å². The van der Waals surface area contributed by atoms with Gasteiger partial charge in [-0.15, -0.1) is 0 Å². The van der Waals surface area contributed by atoms with Crippen LogP contribution in [0, 0.1) is 0 Å². The molecule has 0 heterocycles. The maximum Gasteiger partial charge on any atom is 0.0636 e. The average molecular weight is 180 g/mol. The fraction of sp³-hybridized carbons (Fsp3) is 1.00. The van der Waals surface area contributed by atoms with E-state index < -0.39 is 0 Å². The Labute approximate surface area is 69.1 Å². The molecule has 3 heteroatoms. The fourth-order valence-corrected chi connectivity index (χ4v) is 1.21. The van der Waals surface area contributed by atoms with Crippen LogP contribution in [0.4, 0.5) is 0 Å². The molecule has 1 rings (SSSR count). The predicted octanol–water partition coefficient (Wildman–Crippen LogP) is 0.562. The van der Waals surface area contributed by atoms with Crippen LogP contribution in [0.1, 0.15) is 32.1 Å². The molecular weight excluding hydrogens is 165 g/mol. The Balaban J connectivity index is 0.000000640. The Hall–Kier alpha value is 0.543. The molecule has 1 aliphatic carbocycles. The number of hydrogen-bond donors (Lipinski definition) is 2. The minimum atomic E-state index is -0.321. The summed E-state index contributed by atoms with van der Waals surface area (Å²) in [6, 6.07) is 0. The first-order chi connectivity index (χ1) is 3.71. The molecule has 0 aromatic heterocycles. The zero-order chi connectivity index (χ0) is 6.04. The van der Waals surface area contributed by atoms with Gasteiger partial charge in [-0.25, -0.2) is 0 Å². The summed E-state index contributed by atoms with van der Waals surface area (Å²) in [6.07, 6.45) is 5.76. The van der Waals surface area contributed by atoms with E-state index in [0.29, 0.717) is 0 Å². The second kappa shape index (κ2) is 3.65. The Morgan fingerprint density at radius 1 is 0.889 bits per heavy atom. The monoisotopic (exact) mass is 178 g/mol. The molecule has 1 saturated carbocycles. The van der Waals surface area contributed by atoms with Crippen molar-refractivity contribution in [2.24, 2.45) is 11.5 Å². The SMILES string of the molecule is NC1(N)CCCCC1.[Zn]. The minimum absolute atomic E-state index is 0. The van der Waals surface area contributed by atoms with Gasteiger partial charge < -0.3 is 11.5 Å². The van der Waals surface area contributed by atoms with Crippen LogP contribution in [0.15, 0.2) is 0 Å². The van der Waals surface area contributed by atoms with Gasteiger partial charge in [0.1, 0.15) is 0 Å². The van der Waals surface area contributed by atoms with Crippen molar-refractivity contribution in [3.8, 4) is 0 Å². The molecule has 1 fully saturated rings. The van der Waals surface area contributed by atoms with Crippen LogP contribution in [0.2, 0.25) is 0 Å². The molecule has 0 aromatic rings. The molecule has 4 N–H and O–H groups in total. The summed E-state index contributed by atoms with van der Waals surface area (Å²) < 4.78 is 0. The Morgan fingerprint density at radius 2 is 1.33 bits per heavy atom. The van der Waals surface area contributed by atoms with Gasteiger partial charge in [-0.2, -0.15) is 0 Å². The standard InChI is InChI=1S/C6H14N2.Zn/c7-6(8)4-2-1-3-5-6;/h1-5,7-8H2;. The minimum Gasteiger partial charge on any atom is -0.313 e. The van der Waals surface area contributed by atoms with E-state index >= 15 is 0 Å². The van der Waals surface area contributed by atoms with Gasteiger partial charge in [-0.05, 0) is 12.8 Å². The van der Waals surface area contributed by atoms with Crippen LogP contribution < -0.4 is 11.5 Å². The summed E-state index contributed by atoms with van der Waals surface area (Å²) in [5.41, 5.74) is 11.0. The van der Waals surface area contributed by atoms with E-state index in [0.717, 1.165) is 12.8 Å². The summed E-state index contributed by atoms with van der Waals surface area (Å²) >= 11 is 0. The summed E-state index contributed by atoms with van der Waals surface area (Å²) in [5, 5.41) is 0. The second-order valence-electron chi connectivity index (χ2n) is 2.79. The molecule has 0 amide bonds. The first kappa shape index (κ1) is 9.54. The van der Waals surface area contributed by atoms with Crippen molar-refractivity contribution >= 4 is 0 Å². The molecule has 9 heavy (non-hydrogen) atoms. The molecule has 1 aliphatic rings. The summed E-state index contributed by atoms with van der Waals surface area (Å²) in [7, 11) is 0. The molecule has 0 radical (unpaired) electrons. The molecule has 50 valence electrons. The zero-order valence-electron chi connectivity index (χ0n) is 5.90. The first-order valence-electron chi connectivity index (χ1n) is 3.28. The largest absolute Gasteiger partial charge is 0.313 e. The molecule has 0 atom stereocenters. The molecule has 0 bridgehead atoms. The second-order valence-corrected chi connectivity index (χ2v) is 2.79. The summed E-state index contributed by atoms with van der Waals surface area (Å²) in [6.45, 7) is 0. The van der Waals surface area contributed by atoms with Crippen molar-refractivity contribution in [3.63, 3.8) is 0 Å². The van der Waals surface area contributed by atoms with E-state index in [4.69, 9.17) is 11.5 Å². The fourth-order valence-electron chi connectivity index (χ4n) is 1.21. The normalized spacial score (nSPS) is 24.7. The topological polar surface area (TPSA) is 52.0 Å². The van der Waals surface area contributed by atoms with Crippen molar-refractivity contribution < 1.29 is 19.5 Å². The van der Waals surface area contributed by atoms with E-state index in [1.54, 1.807) is 0 Å². The smallest absolute Gasteiger partial charge is 0.0636 e. The van der Waals surface area contributed by atoms with Gasteiger partial charge in [0.25, 0.3) is 0 Å². The van der Waals surface area contributed by atoms with Crippen LogP contribution >= 0.6 is 0 Å². The van der Waals surface area contributed by atoms with Gasteiger partial charge in [0, 0.05) is 19.5 Å². The number of hydrogen-bond acceptors (Lipinski definition) is 2. The van der Waals surface area contributed by atoms with Crippen molar-refractivity contribution in [3.05, 3.63) is 0 Å². The van der Waals surface area contributed by atoms with Gasteiger partial charge in [-0.3, -0.25) is 0 Å². The third-order valence-corrected chi connectivity index (χ3v) is 1.78. The quantitative estimate of drug-likeness (QED) is 0.422. The molecule has 0 aliphatic heterocycles. The van der Waals surface area contributed by atoms with Gasteiger partial charge in [0.2, 0.25) is 0 Å². The van der Waals surface area contributed by atoms with E-state index in [1.165, 1.54) is 19.3 Å². The van der Waals surface area contributed by atoms with E-state index in [9.17, 15) is 0 Å². The Bertz CT molecular complexity index is 75.1. The van der Waals surface area contributed by atoms with Gasteiger partial charge in [-0.1, -0.05) is 19.3 Å². The molecule has 0 unspecified atom stereocenters. The molecular formula is C6H14N2Zn. The van der Waals surface area contributed by atoms with E-state index in [-0.39, 0.29) is 25.1 Å². The maximum absolute atomic E-state index is 5.66. The Morgan fingerprint density at radius 3 is 1.56 bits per heavy atom. The van der Waals surface area contributed by atoms with Crippen LogP contribution in [0.3, 0.4) is 0 Å². The maximum atomic E-state index is 5.66. The average Bonchev–Trinajstić information content (AvgIpc) is 1.65. The molecule has 0 saturated heterocycles. The van der Waals surface area contributed by atoms with Crippen molar-refractivity contribution in [1.29, 1.82) is 0 Å². The number of rotatable bonds is 0. The van der Waals surface area contributed by atoms with Crippen LogP contribution in [0.5, 0.6) is 0 Å². The zero-order valence-corrected chi connectivity index (χ0v) is 8.86. The van der Waals surface area contributed by atoms with Gasteiger partial charge in [0.15, 0.2) is 0 Å². The van der Waals surface area contributed by atoms with Crippen LogP contribution in [-0.2, 0) is 19.5 Å². The van der Waals surface area contributed by atoms with Gasteiger partial charge >= 0.3 is 0 Å². The first-order valence-corrected chi connectivity index (χ1v) is 3.28. The Kier molecular flexibility index (Phi) is 3.87. The van der Waals surface area contributed by atoms with Crippen molar-refractivity contribution in [2.45, 2.75) is 37.8 Å². The molecule has 2 nitrogen and oxygen atoms in total. The molecule has 0 aromatic carbocycles. The van der Waals surface area contributed by atoms with Crippen LogP contribution in [0.25, 0.3) is 0 Å². The summed E-state index contributed by atoms with van der Waals surface area (Å²) in [5.74, 6) is 0. The summed E-state index contributed by atoms with van der Waals surface area (Å²) in [4.78, 5) is 0. The van der Waals surface area contributed by atoms with E-state index in [2.05, 4.69) is 0 Å². The molecule has 0 spiro atoms. The number of nitrogens with two attached hydrogens (primary N) is 2. The van der Waals surface area contributed by atoms with Crippen molar-refractivity contribution in [2.75, 3.05) is 0 Å². The van der Waals surface area contributed by atoms with E-state index in [1.807, 2.05) is 0 Å². The third-order valence-electron chi connectivity index (χ3n) is 1.78. The third kappa shape index (κ3) is 3.29. The van der Waals surface area contributed by atoms with Crippen molar-refractivity contribution in [1.82, 2.24) is 0 Å².